The van der Waals surface area contributed by atoms with Crippen LogP contribution in [-0.2, 0) is 18.4 Å². The molecule has 1 aliphatic rings. The van der Waals surface area contributed by atoms with E-state index in [4.69, 9.17) is 0 Å². The first-order chi connectivity index (χ1) is 12.5. The van der Waals surface area contributed by atoms with E-state index >= 15 is 0 Å². The van der Waals surface area contributed by atoms with E-state index in [9.17, 15) is 14.0 Å². The molecule has 0 saturated heterocycles. The van der Waals surface area contributed by atoms with E-state index in [0.29, 0.717) is 36.8 Å². The minimum atomic E-state index is -0.335. The van der Waals surface area contributed by atoms with E-state index < -0.39 is 0 Å². The molecular weight excluding hydrogens is 335 g/mol. The number of benzene rings is 1. The van der Waals surface area contributed by atoms with Crippen molar-refractivity contribution in [2.45, 2.75) is 45.1 Å². The van der Waals surface area contributed by atoms with E-state index in [1.54, 1.807) is 19.2 Å². The molecule has 26 heavy (non-hydrogen) atoms. The Balaban J connectivity index is 1.53. The molecule has 1 amide bonds. The standard InChI is InChI=1S/C19H25FN4O2/c1-23-18(15-7-9-16(20)10-8-15)22-24(19(23)26)13-12-21-17(25)11-6-14-4-2-3-5-14/h7-10,14H,2-6,11-13H2,1H3,(H,21,25). The third-order valence-corrected chi connectivity index (χ3v) is 5.04. The molecule has 1 aliphatic carbocycles. The molecule has 7 heteroatoms. The Morgan fingerprint density at radius 1 is 1.27 bits per heavy atom. The molecule has 0 unspecified atom stereocenters. The Labute approximate surface area is 152 Å². The van der Waals surface area contributed by atoms with Crippen LogP contribution in [0.3, 0.4) is 0 Å². The van der Waals surface area contributed by atoms with E-state index in [2.05, 4.69) is 10.4 Å². The smallest absolute Gasteiger partial charge is 0.345 e. The highest BCUT2D eigenvalue weighted by Crippen LogP contribution is 2.28. The van der Waals surface area contributed by atoms with Gasteiger partial charge in [-0.3, -0.25) is 9.36 Å². The highest BCUT2D eigenvalue weighted by atomic mass is 19.1. The van der Waals surface area contributed by atoms with Gasteiger partial charge in [-0.25, -0.2) is 13.9 Å². The number of rotatable bonds is 7. The van der Waals surface area contributed by atoms with Crippen LogP contribution in [0.4, 0.5) is 4.39 Å². The Morgan fingerprint density at radius 3 is 2.65 bits per heavy atom. The third-order valence-electron chi connectivity index (χ3n) is 5.04. The first kappa shape index (κ1) is 18.4. The monoisotopic (exact) mass is 360 g/mol. The maximum absolute atomic E-state index is 13.1. The molecule has 6 nitrogen and oxygen atoms in total. The van der Waals surface area contributed by atoms with Crippen LogP contribution in [0.15, 0.2) is 29.1 Å². The summed E-state index contributed by atoms with van der Waals surface area (Å²) < 4.78 is 15.8. The number of nitrogens with zero attached hydrogens (tertiary/aromatic N) is 3. The quantitative estimate of drug-likeness (QED) is 0.825. The highest BCUT2D eigenvalue weighted by Gasteiger charge is 2.16. The van der Waals surface area contributed by atoms with Gasteiger partial charge in [0.15, 0.2) is 5.82 Å². The summed E-state index contributed by atoms with van der Waals surface area (Å²) in [6.07, 6.45) is 6.54. The molecule has 1 fully saturated rings. The molecule has 0 atom stereocenters. The third kappa shape index (κ3) is 4.39. The number of amides is 1. The number of carbonyl (C=O) groups is 1. The summed E-state index contributed by atoms with van der Waals surface area (Å²) in [7, 11) is 1.63. The van der Waals surface area contributed by atoms with Gasteiger partial charge in [0.25, 0.3) is 0 Å². The first-order valence-corrected chi connectivity index (χ1v) is 9.21. The fraction of sp³-hybridized carbons (Fsp3) is 0.526. The molecule has 0 bridgehead atoms. The van der Waals surface area contributed by atoms with Crippen molar-refractivity contribution in [2.75, 3.05) is 6.54 Å². The second-order valence-corrected chi connectivity index (χ2v) is 6.93. The van der Waals surface area contributed by atoms with Crippen molar-refractivity contribution in [3.05, 3.63) is 40.6 Å². The summed E-state index contributed by atoms with van der Waals surface area (Å²) in [5, 5.41) is 7.17. The number of halogens is 1. The summed E-state index contributed by atoms with van der Waals surface area (Å²) >= 11 is 0. The fourth-order valence-electron chi connectivity index (χ4n) is 3.51. The SMILES string of the molecule is Cn1c(-c2ccc(F)cc2)nn(CCNC(=O)CCC2CCCC2)c1=O. The van der Waals surface area contributed by atoms with Crippen LogP contribution in [0.1, 0.15) is 38.5 Å². The second-order valence-electron chi connectivity index (χ2n) is 6.93. The van der Waals surface area contributed by atoms with Crippen LogP contribution in [0, 0.1) is 11.7 Å². The molecule has 1 N–H and O–H groups in total. The topological polar surface area (TPSA) is 68.9 Å². The van der Waals surface area contributed by atoms with Gasteiger partial charge >= 0.3 is 5.69 Å². The molecule has 1 saturated carbocycles. The Morgan fingerprint density at radius 2 is 1.96 bits per heavy atom. The normalized spacial score (nSPS) is 14.7. The van der Waals surface area contributed by atoms with Gasteiger partial charge in [0.2, 0.25) is 5.91 Å². The van der Waals surface area contributed by atoms with Crippen molar-refractivity contribution in [1.29, 1.82) is 0 Å². The number of carbonyl (C=O) groups excluding carboxylic acids is 1. The molecule has 2 aromatic rings. The van der Waals surface area contributed by atoms with Gasteiger partial charge in [0, 0.05) is 25.6 Å². The van der Waals surface area contributed by atoms with E-state index in [0.717, 1.165) is 6.42 Å². The summed E-state index contributed by atoms with van der Waals surface area (Å²) in [6, 6.07) is 5.85. The van der Waals surface area contributed by atoms with Gasteiger partial charge < -0.3 is 5.32 Å². The molecular formula is C19H25FN4O2. The maximum atomic E-state index is 13.1. The molecule has 0 aliphatic heterocycles. The van der Waals surface area contributed by atoms with Gasteiger partial charge in [-0.05, 0) is 36.6 Å². The Bertz CT molecular complexity index is 804. The average molecular weight is 360 g/mol. The maximum Gasteiger partial charge on any atom is 0.345 e. The summed E-state index contributed by atoms with van der Waals surface area (Å²) in [6.45, 7) is 0.673. The van der Waals surface area contributed by atoms with E-state index in [1.165, 1.54) is 47.1 Å². The van der Waals surface area contributed by atoms with Crippen molar-refractivity contribution < 1.29 is 9.18 Å². The van der Waals surface area contributed by atoms with Gasteiger partial charge in [0.05, 0.1) is 6.54 Å². The van der Waals surface area contributed by atoms with Crippen molar-refractivity contribution in [2.24, 2.45) is 13.0 Å². The summed E-state index contributed by atoms with van der Waals surface area (Å²) in [5.74, 6) is 0.859. The van der Waals surface area contributed by atoms with Crippen LogP contribution in [0.5, 0.6) is 0 Å². The molecule has 3 rings (SSSR count). The lowest BCUT2D eigenvalue weighted by Crippen LogP contribution is -2.31. The van der Waals surface area contributed by atoms with Crippen LogP contribution < -0.4 is 11.0 Å². The van der Waals surface area contributed by atoms with E-state index in [-0.39, 0.29) is 17.4 Å². The number of nitrogens with one attached hydrogen (secondary N) is 1. The predicted molar refractivity (Wildman–Crippen MR) is 97.1 cm³/mol. The van der Waals surface area contributed by atoms with Gasteiger partial charge in [-0.2, -0.15) is 0 Å². The fourth-order valence-corrected chi connectivity index (χ4v) is 3.51. The molecule has 0 radical (unpaired) electrons. The zero-order valence-corrected chi connectivity index (χ0v) is 15.1. The molecule has 140 valence electrons. The van der Waals surface area contributed by atoms with Crippen molar-refractivity contribution in [3.8, 4) is 11.4 Å². The molecule has 1 aromatic carbocycles. The molecule has 1 aromatic heterocycles. The largest absolute Gasteiger partial charge is 0.354 e. The van der Waals surface area contributed by atoms with E-state index in [1.807, 2.05) is 0 Å². The molecule has 0 spiro atoms. The first-order valence-electron chi connectivity index (χ1n) is 9.21. The summed E-state index contributed by atoms with van der Waals surface area (Å²) in [5.41, 5.74) is 0.412. The van der Waals surface area contributed by atoms with Gasteiger partial charge in [-0.1, -0.05) is 25.7 Å². The number of hydrogen-bond donors (Lipinski definition) is 1. The lowest BCUT2D eigenvalue weighted by molar-refractivity contribution is -0.121. The average Bonchev–Trinajstić information content (AvgIpc) is 3.25. The Hall–Kier alpha value is -2.44. The van der Waals surface area contributed by atoms with Crippen LogP contribution >= 0.6 is 0 Å². The number of aromatic nitrogens is 3. The highest BCUT2D eigenvalue weighted by molar-refractivity contribution is 5.75. The number of hydrogen-bond acceptors (Lipinski definition) is 3. The van der Waals surface area contributed by atoms with Crippen molar-refractivity contribution >= 4 is 5.91 Å². The summed E-state index contributed by atoms with van der Waals surface area (Å²) in [4.78, 5) is 24.2. The van der Waals surface area contributed by atoms with Crippen LogP contribution in [0.25, 0.3) is 11.4 Å². The zero-order valence-electron chi connectivity index (χ0n) is 15.1. The van der Waals surface area contributed by atoms with Gasteiger partial charge in [-0.15, -0.1) is 5.10 Å². The lowest BCUT2D eigenvalue weighted by atomic mass is 10.0. The second kappa shape index (κ2) is 8.29. The van der Waals surface area contributed by atoms with Crippen molar-refractivity contribution in [3.63, 3.8) is 0 Å². The zero-order chi connectivity index (χ0) is 18.5. The predicted octanol–water partition coefficient (Wildman–Crippen LogP) is 2.47. The minimum absolute atomic E-state index is 0.0274. The van der Waals surface area contributed by atoms with Crippen LogP contribution in [-0.4, -0.2) is 26.8 Å². The molecule has 1 heterocycles. The van der Waals surface area contributed by atoms with Gasteiger partial charge in [0.1, 0.15) is 5.82 Å². The van der Waals surface area contributed by atoms with Crippen molar-refractivity contribution in [1.82, 2.24) is 19.7 Å². The lowest BCUT2D eigenvalue weighted by Gasteiger charge is -2.08. The van der Waals surface area contributed by atoms with Crippen LogP contribution in [0.2, 0.25) is 0 Å². The minimum Gasteiger partial charge on any atom is -0.354 e. The Kier molecular flexibility index (Phi) is 5.85.